The van der Waals surface area contributed by atoms with Crippen LogP contribution < -0.4 is 10.6 Å². The SMILES string of the molecule is Cc1nnc(N(C)c2cccc(F)c2)c(C(=N)N)c1C. The van der Waals surface area contributed by atoms with E-state index >= 15 is 0 Å². The van der Waals surface area contributed by atoms with Crippen molar-refractivity contribution in [2.75, 3.05) is 11.9 Å². The highest BCUT2D eigenvalue weighted by Crippen LogP contribution is 2.27. The minimum atomic E-state index is -0.337. The van der Waals surface area contributed by atoms with E-state index in [1.807, 2.05) is 6.92 Å². The highest BCUT2D eigenvalue weighted by atomic mass is 19.1. The monoisotopic (exact) mass is 273 g/mol. The third-order valence-corrected chi connectivity index (χ3v) is 3.22. The van der Waals surface area contributed by atoms with Crippen molar-refractivity contribution in [2.24, 2.45) is 5.73 Å². The highest BCUT2D eigenvalue weighted by Gasteiger charge is 2.18. The standard InChI is InChI=1S/C14H16FN5/c1-8-9(2)18-19-14(12(8)13(16)17)20(3)11-6-4-5-10(15)7-11/h4-7H,1-3H3,(H3,16,17). The van der Waals surface area contributed by atoms with Crippen molar-refractivity contribution in [3.8, 4) is 0 Å². The minimum absolute atomic E-state index is 0.0845. The third-order valence-electron chi connectivity index (χ3n) is 3.22. The van der Waals surface area contributed by atoms with E-state index in [0.29, 0.717) is 22.8 Å². The molecule has 0 aliphatic rings. The second-order valence-electron chi connectivity index (χ2n) is 4.56. The van der Waals surface area contributed by atoms with Gasteiger partial charge in [-0.1, -0.05) is 6.07 Å². The van der Waals surface area contributed by atoms with Gasteiger partial charge in [-0.15, -0.1) is 5.10 Å². The van der Waals surface area contributed by atoms with E-state index < -0.39 is 0 Å². The van der Waals surface area contributed by atoms with Gasteiger partial charge in [0.1, 0.15) is 11.7 Å². The fraction of sp³-hybridized carbons (Fsp3) is 0.214. The van der Waals surface area contributed by atoms with Gasteiger partial charge < -0.3 is 10.6 Å². The van der Waals surface area contributed by atoms with Crippen molar-refractivity contribution >= 4 is 17.3 Å². The summed E-state index contributed by atoms with van der Waals surface area (Å²) in [6, 6.07) is 6.13. The van der Waals surface area contributed by atoms with Crippen LogP contribution in [0.15, 0.2) is 24.3 Å². The van der Waals surface area contributed by atoms with Crippen molar-refractivity contribution < 1.29 is 4.39 Å². The largest absolute Gasteiger partial charge is 0.384 e. The Balaban J connectivity index is 2.58. The van der Waals surface area contributed by atoms with E-state index in [4.69, 9.17) is 11.1 Å². The van der Waals surface area contributed by atoms with E-state index in [-0.39, 0.29) is 11.7 Å². The molecule has 104 valence electrons. The molecule has 0 spiro atoms. The summed E-state index contributed by atoms with van der Waals surface area (Å²) in [6.45, 7) is 3.64. The molecule has 0 aliphatic heterocycles. The van der Waals surface area contributed by atoms with Crippen LogP contribution in [0, 0.1) is 25.1 Å². The molecule has 0 atom stereocenters. The lowest BCUT2D eigenvalue weighted by Gasteiger charge is -2.22. The zero-order chi connectivity index (χ0) is 14.9. The van der Waals surface area contributed by atoms with Gasteiger partial charge >= 0.3 is 0 Å². The number of hydrogen-bond acceptors (Lipinski definition) is 4. The Morgan fingerprint density at radius 2 is 2.00 bits per heavy atom. The average molecular weight is 273 g/mol. The minimum Gasteiger partial charge on any atom is -0.384 e. The number of nitrogens with two attached hydrogens (primary N) is 1. The van der Waals surface area contributed by atoms with Crippen LogP contribution in [0.5, 0.6) is 0 Å². The molecular formula is C14H16FN5. The zero-order valence-electron chi connectivity index (χ0n) is 11.6. The normalized spacial score (nSPS) is 10.4. The van der Waals surface area contributed by atoms with Crippen molar-refractivity contribution in [1.29, 1.82) is 5.41 Å². The van der Waals surface area contributed by atoms with Crippen LogP contribution in [-0.4, -0.2) is 23.1 Å². The van der Waals surface area contributed by atoms with E-state index in [0.717, 1.165) is 5.56 Å². The van der Waals surface area contributed by atoms with Gasteiger partial charge in [-0.2, -0.15) is 5.10 Å². The lowest BCUT2D eigenvalue weighted by Crippen LogP contribution is -2.22. The molecule has 5 nitrogen and oxygen atoms in total. The maximum Gasteiger partial charge on any atom is 0.166 e. The number of nitrogens with zero attached hydrogens (tertiary/aromatic N) is 3. The van der Waals surface area contributed by atoms with Gasteiger partial charge in [0.25, 0.3) is 0 Å². The molecule has 0 unspecified atom stereocenters. The summed E-state index contributed by atoms with van der Waals surface area (Å²) in [5.74, 6) is 0.0143. The van der Waals surface area contributed by atoms with Crippen LogP contribution >= 0.6 is 0 Å². The molecule has 0 saturated heterocycles. The van der Waals surface area contributed by atoms with Gasteiger partial charge in [-0.05, 0) is 37.6 Å². The summed E-state index contributed by atoms with van der Waals surface area (Å²) >= 11 is 0. The number of nitrogen functional groups attached to an aromatic ring is 1. The Labute approximate surface area is 116 Å². The number of hydrogen-bond donors (Lipinski definition) is 2. The Morgan fingerprint density at radius 3 is 2.60 bits per heavy atom. The summed E-state index contributed by atoms with van der Waals surface area (Å²) in [6.07, 6.45) is 0. The Hall–Kier alpha value is -2.50. The molecule has 0 amide bonds. The maximum atomic E-state index is 13.3. The predicted octanol–water partition coefficient (Wildman–Crippen LogP) is 2.28. The highest BCUT2D eigenvalue weighted by molar-refractivity contribution is 6.01. The molecule has 1 aromatic heterocycles. The van der Waals surface area contributed by atoms with Gasteiger partial charge in [-0.25, -0.2) is 4.39 Å². The number of amidine groups is 1. The molecule has 6 heteroatoms. The molecule has 0 aliphatic carbocycles. The summed E-state index contributed by atoms with van der Waals surface area (Å²) in [5.41, 5.74) is 8.29. The molecule has 1 aromatic carbocycles. The lowest BCUT2D eigenvalue weighted by molar-refractivity contribution is 0.628. The quantitative estimate of drug-likeness (QED) is 0.664. The second kappa shape index (κ2) is 5.24. The van der Waals surface area contributed by atoms with E-state index in [1.54, 1.807) is 31.0 Å². The third kappa shape index (κ3) is 2.45. The molecule has 2 rings (SSSR count). The van der Waals surface area contributed by atoms with Crippen LogP contribution in [0.4, 0.5) is 15.9 Å². The van der Waals surface area contributed by atoms with E-state index in [1.165, 1.54) is 12.1 Å². The van der Waals surface area contributed by atoms with Crippen LogP contribution in [-0.2, 0) is 0 Å². The van der Waals surface area contributed by atoms with Gasteiger partial charge in [0.15, 0.2) is 5.82 Å². The maximum absolute atomic E-state index is 13.3. The topological polar surface area (TPSA) is 78.9 Å². The summed E-state index contributed by atoms with van der Waals surface area (Å²) in [5, 5.41) is 15.9. The Bertz CT molecular complexity index is 669. The van der Waals surface area contributed by atoms with Crippen LogP contribution in [0.3, 0.4) is 0 Å². The number of benzene rings is 1. The predicted molar refractivity (Wildman–Crippen MR) is 77.0 cm³/mol. The van der Waals surface area contributed by atoms with Gasteiger partial charge in [-0.3, -0.25) is 5.41 Å². The Morgan fingerprint density at radius 1 is 1.30 bits per heavy atom. The molecule has 0 fully saturated rings. The summed E-state index contributed by atoms with van der Waals surface area (Å²) in [4.78, 5) is 1.67. The average Bonchev–Trinajstić information content (AvgIpc) is 2.40. The summed E-state index contributed by atoms with van der Waals surface area (Å²) < 4.78 is 13.3. The van der Waals surface area contributed by atoms with Crippen LogP contribution in [0.1, 0.15) is 16.8 Å². The molecule has 1 heterocycles. The first kappa shape index (κ1) is 13.9. The van der Waals surface area contributed by atoms with Gasteiger partial charge in [0, 0.05) is 12.7 Å². The van der Waals surface area contributed by atoms with Crippen molar-refractivity contribution in [2.45, 2.75) is 13.8 Å². The number of nitrogens with one attached hydrogen (secondary N) is 1. The molecule has 20 heavy (non-hydrogen) atoms. The molecule has 2 aromatic rings. The summed E-state index contributed by atoms with van der Waals surface area (Å²) in [7, 11) is 1.74. The number of aromatic nitrogens is 2. The van der Waals surface area contributed by atoms with Gasteiger partial charge in [0.2, 0.25) is 0 Å². The van der Waals surface area contributed by atoms with Crippen LogP contribution in [0.2, 0.25) is 0 Å². The van der Waals surface area contributed by atoms with Gasteiger partial charge in [0.05, 0.1) is 11.3 Å². The smallest absolute Gasteiger partial charge is 0.166 e. The first-order chi connectivity index (χ1) is 9.41. The molecule has 0 radical (unpaired) electrons. The molecule has 0 bridgehead atoms. The van der Waals surface area contributed by atoms with E-state index in [9.17, 15) is 4.39 Å². The van der Waals surface area contributed by atoms with Crippen molar-refractivity contribution in [3.05, 3.63) is 46.9 Å². The number of aryl methyl sites for hydroxylation is 1. The first-order valence-corrected chi connectivity index (χ1v) is 6.09. The fourth-order valence-corrected chi connectivity index (χ4v) is 1.96. The Kier molecular flexibility index (Phi) is 3.65. The number of halogens is 1. The van der Waals surface area contributed by atoms with E-state index in [2.05, 4.69) is 10.2 Å². The molecule has 0 saturated carbocycles. The number of anilines is 2. The fourth-order valence-electron chi connectivity index (χ4n) is 1.96. The van der Waals surface area contributed by atoms with Crippen LogP contribution in [0.25, 0.3) is 0 Å². The van der Waals surface area contributed by atoms with Crippen molar-refractivity contribution in [1.82, 2.24) is 10.2 Å². The first-order valence-electron chi connectivity index (χ1n) is 6.09. The number of rotatable bonds is 3. The lowest BCUT2D eigenvalue weighted by atomic mass is 10.1. The second-order valence-corrected chi connectivity index (χ2v) is 4.56. The van der Waals surface area contributed by atoms with Crippen molar-refractivity contribution in [3.63, 3.8) is 0 Å². The zero-order valence-corrected chi connectivity index (χ0v) is 11.6. The molecule has 3 N–H and O–H groups in total. The molecular weight excluding hydrogens is 257 g/mol.